The highest BCUT2D eigenvalue weighted by atomic mass is 16.4. The fourth-order valence-corrected chi connectivity index (χ4v) is 3.25. The van der Waals surface area contributed by atoms with Crippen LogP contribution in [0.15, 0.2) is 18.5 Å². The number of piperazine rings is 1. The monoisotopic (exact) mass is 374 g/mol. The first kappa shape index (κ1) is 19.1. The number of aliphatic carboxylic acids is 1. The normalized spacial score (nSPS) is 16.5. The third kappa shape index (κ3) is 4.02. The van der Waals surface area contributed by atoms with E-state index in [-0.39, 0.29) is 11.6 Å². The number of hydrogen-bond donors (Lipinski definition) is 1. The Labute approximate surface area is 158 Å². The lowest BCUT2D eigenvalue weighted by molar-refractivity contribution is -0.140. The molecule has 3 rings (SSSR count). The average Bonchev–Trinajstić information content (AvgIpc) is 3.29. The van der Waals surface area contributed by atoms with Gasteiger partial charge in [0.25, 0.3) is 5.91 Å². The largest absolute Gasteiger partial charge is 0.480 e. The minimum atomic E-state index is -0.979. The zero-order valence-corrected chi connectivity index (χ0v) is 16.0. The molecule has 2 aromatic rings. The molecular formula is C18H26N6O3. The molecule has 1 amide bonds. The van der Waals surface area contributed by atoms with Crippen molar-refractivity contribution in [1.29, 1.82) is 0 Å². The second-order valence-corrected chi connectivity index (χ2v) is 6.83. The lowest BCUT2D eigenvalue weighted by Gasteiger charge is -2.34. The van der Waals surface area contributed by atoms with Crippen LogP contribution in [0.1, 0.15) is 41.6 Å². The van der Waals surface area contributed by atoms with Crippen molar-refractivity contribution in [3.8, 4) is 0 Å². The van der Waals surface area contributed by atoms with Gasteiger partial charge in [-0.3, -0.25) is 19.1 Å². The first-order valence-corrected chi connectivity index (χ1v) is 9.21. The number of aryl methyl sites for hydroxylation is 1. The summed E-state index contributed by atoms with van der Waals surface area (Å²) in [4.78, 5) is 27.8. The standard InChI is InChI=1S/C18H26N6O3/c1-4-23-13(2)15(11-19-23)12-21-7-9-22(10-8-21)17(25)16-5-6-24(20-16)14(3)18(26)27/h5-6,11,14H,4,7-10,12H2,1-3H3,(H,26,27). The van der Waals surface area contributed by atoms with Crippen LogP contribution in [0.5, 0.6) is 0 Å². The maximum Gasteiger partial charge on any atom is 0.328 e. The second-order valence-electron chi connectivity index (χ2n) is 6.83. The summed E-state index contributed by atoms with van der Waals surface area (Å²) in [6.45, 7) is 10.2. The van der Waals surface area contributed by atoms with E-state index < -0.39 is 12.0 Å². The Balaban J connectivity index is 1.56. The van der Waals surface area contributed by atoms with Crippen molar-refractivity contribution in [1.82, 2.24) is 29.4 Å². The van der Waals surface area contributed by atoms with E-state index in [1.54, 1.807) is 11.0 Å². The summed E-state index contributed by atoms with van der Waals surface area (Å²) in [7, 11) is 0. The van der Waals surface area contributed by atoms with Gasteiger partial charge < -0.3 is 10.0 Å². The molecule has 0 radical (unpaired) electrons. The van der Waals surface area contributed by atoms with Gasteiger partial charge in [0.2, 0.25) is 0 Å². The molecule has 1 aliphatic heterocycles. The van der Waals surface area contributed by atoms with E-state index >= 15 is 0 Å². The SMILES string of the molecule is CCn1ncc(CN2CCN(C(=O)c3ccn(C(C)C(=O)O)n3)CC2)c1C. The molecule has 9 heteroatoms. The summed E-state index contributed by atoms with van der Waals surface area (Å²) in [6, 6.07) is 0.784. The lowest BCUT2D eigenvalue weighted by Crippen LogP contribution is -2.48. The van der Waals surface area contributed by atoms with Gasteiger partial charge in [-0.25, -0.2) is 4.79 Å². The second kappa shape index (κ2) is 7.91. The number of carboxylic acids is 1. The molecule has 1 N–H and O–H groups in total. The highest BCUT2D eigenvalue weighted by Gasteiger charge is 2.25. The minimum Gasteiger partial charge on any atom is -0.480 e. The summed E-state index contributed by atoms with van der Waals surface area (Å²) in [5, 5.41) is 17.6. The summed E-state index contributed by atoms with van der Waals surface area (Å²) >= 11 is 0. The maximum atomic E-state index is 12.6. The van der Waals surface area contributed by atoms with Crippen LogP contribution in [0.3, 0.4) is 0 Å². The van der Waals surface area contributed by atoms with Crippen molar-refractivity contribution in [3.05, 3.63) is 35.4 Å². The van der Waals surface area contributed by atoms with E-state index in [9.17, 15) is 9.59 Å². The van der Waals surface area contributed by atoms with Gasteiger partial charge in [-0.15, -0.1) is 0 Å². The van der Waals surface area contributed by atoms with Gasteiger partial charge in [0.1, 0.15) is 11.7 Å². The fraction of sp³-hybridized carbons (Fsp3) is 0.556. The third-order valence-corrected chi connectivity index (χ3v) is 5.14. The van der Waals surface area contributed by atoms with Crippen LogP contribution in [-0.2, 0) is 17.9 Å². The molecule has 1 saturated heterocycles. The first-order valence-electron chi connectivity index (χ1n) is 9.21. The molecule has 3 heterocycles. The summed E-state index contributed by atoms with van der Waals surface area (Å²) in [5.41, 5.74) is 2.70. The molecule has 1 atom stereocenters. The van der Waals surface area contributed by atoms with Gasteiger partial charge in [0, 0.05) is 56.7 Å². The van der Waals surface area contributed by atoms with Gasteiger partial charge in [-0.2, -0.15) is 10.2 Å². The molecule has 146 valence electrons. The van der Waals surface area contributed by atoms with Gasteiger partial charge in [-0.1, -0.05) is 0 Å². The van der Waals surface area contributed by atoms with E-state index in [0.717, 1.165) is 26.2 Å². The molecule has 0 spiro atoms. The number of aromatic nitrogens is 4. The molecule has 2 aromatic heterocycles. The summed E-state index contributed by atoms with van der Waals surface area (Å²) < 4.78 is 3.30. The molecule has 0 bridgehead atoms. The Bertz CT molecular complexity index is 819. The molecule has 0 aromatic carbocycles. The average molecular weight is 374 g/mol. The summed E-state index contributed by atoms with van der Waals surface area (Å²) in [5.74, 6) is -1.13. The van der Waals surface area contributed by atoms with Gasteiger partial charge in [-0.05, 0) is 26.8 Å². The van der Waals surface area contributed by atoms with Crippen molar-refractivity contribution in [2.75, 3.05) is 26.2 Å². The third-order valence-electron chi connectivity index (χ3n) is 5.14. The van der Waals surface area contributed by atoms with Crippen LogP contribution >= 0.6 is 0 Å². The number of carboxylic acid groups (broad SMARTS) is 1. The highest BCUT2D eigenvalue weighted by molar-refractivity contribution is 5.92. The molecule has 1 unspecified atom stereocenters. The Morgan fingerprint density at radius 3 is 2.56 bits per heavy atom. The Morgan fingerprint density at radius 2 is 1.96 bits per heavy atom. The van der Waals surface area contributed by atoms with Gasteiger partial charge >= 0.3 is 5.97 Å². The molecule has 1 aliphatic rings. The molecular weight excluding hydrogens is 348 g/mol. The van der Waals surface area contributed by atoms with Crippen LogP contribution in [0.4, 0.5) is 0 Å². The van der Waals surface area contributed by atoms with Crippen LogP contribution in [0.25, 0.3) is 0 Å². The van der Waals surface area contributed by atoms with Crippen LogP contribution < -0.4 is 0 Å². The molecule has 9 nitrogen and oxygen atoms in total. The predicted molar refractivity (Wildman–Crippen MR) is 98.4 cm³/mol. The Kier molecular flexibility index (Phi) is 5.59. The zero-order chi connectivity index (χ0) is 19.6. The van der Waals surface area contributed by atoms with E-state index in [0.29, 0.717) is 13.1 Å². The smallest absolute Gasteiger partial charge is 0.328 e. The molecule has 27 heavy (non-hydrogen) atoms. The van der Waals surface area contributed by atoms with E-state index in [2.05, 4.69) is 28.9 Å². The quantitative estimate of drug-likeness (QED) is 0.811. The predicted octanol–water partition coefficient (Wildman–Crippen LogP) is 1.01. The lowest BCUT2D eigenvalue weighted by atomic mass is 10.2. The Hall–Kier alpha value is -2.68. The zero-order valence-electron chi connectivity index (χ0n) is 16.0. The number of hydrogen-bond acceptors (Lipinski definition) is 5. The molecule has 1 fully saturated rings. The van der Waals surface area contributed by atoms with Crippen molar-refractivity contribution in [2.45, 2.75) is 39.9 Å². The van der Waals surface area contributed by atoms with Gasteiger partial charge in [0.05, 0.1) is 6.20 Å². The van der Waals surface area contributed by atoms with Crippen molar-refractivity contribution >= 4 is 11.9 Å². The van der Waals surface area contributed by atoms with Gasteiger partial charge in [0.15, 0.2) is 0 Å². The number of carbonyl (C=O) groups excluding carboxylic acids is 1. The topological polar surface area (TPSA) is 96.5 Å². The van der Waals surface area contributed by atoms with Crippen LogP contribution in [-0.4, -0.2) is 72.5 Å². The summed E-state index contributed by atoms with van der Waals surface area (Å²) in [6.07, 6.45) is 3.46. The number of nitrogens with zero attached hydrogens (tertiary/aromatic N) is 6. The maximum absolute atomic E-state index is 12.6. The fourth-order valence-electron chi connectivity index (χ4n) is 3.25. The van der Waals surface area contributed by atoms with Crippen LogP contribution in [0.2, 0.25) is 0 Å². The number of rotatable bonds is 6. The molecule has 0 aliphatic carbocycles. The number of carbonyl (C=O) groups is 2. The van der Waals surface area contributed by atoms with E-state index in [1.165, 1.54) is 29.1 Å². The van der Waals surface area contributed by atoms with Crippen molar-refractivity contribution in [3.63, 3.8) is 0 Å². The minimum absolute atomic E-state index is 0.152. The van der Waals surface area contributed by atoms with E-state index in [4.69, 9.17) is 5.11 Å². The Morgan fingerprint density at radius 1 is 1.26 bits per heavy atom. The van der Waals surface area contributed by atoms with Crippen molar-refractivity contribution in [2.24, 2.45) is 0 Å². The highest BCUT2D eigenvalue weighted by Crippen LogP contribution is 2.14. The number of amides is 1. The van der Waals surface area contributed by atoms with E-state index in [1.807, 2.05) is 10.9 Å². The van der Waals surface area contributed by atoms with Crippen LogP contribution in [0, 0.1) is 6.92 Å². The first-order chi connectivity index (χ1) is 12.9. The van der Waals surface area contributed by atoms with Crippen molar-refractivity contribution < 1.29 is 14.7 Å². The molecule has 0 saturated carbocycles.